The van der Waals surface area contributed by atoms with Gasteiger partial charge in [0.1, 0.15) is 11.9 Å². The second-order valence-corrected chi connectivity index (χ2v) is 7.28. The van der Waals surface area contributed by atoms with Crippen LogP contribution >= 0.6 is 11.6 Å². The van der Waals surface area contributed by atoms with Crippen LogP contribution in [0, 0.1) is 0 Å². The summed E-state index contributed by atoms with van der Waals surface area (Å²) in [5, 5.41) is 0.670. The lowest BCUT2D eigenvalue weighted by Gasteiger charge is -2.32. The van der Waals surface area contributed by atoms with Crippen LogP contribution in [-0.2, 0) is 11.2 Å². The first kappa shape index (κ1) is 18.0. The van der Waals surface area contributed by atoms with E-state index in [0.29, 0.717) is 17.9 Å². The number of rotatable bonds is 5. The van der Waals surface area contributed by atoms with E-state index in [4.69, 9.17) is 25.8 Å². The number of ether oxygens (including phenoxy) is 3. The van der Waals surface area contributed by atoms with Gasteiger partial charge >= 0.3 is 0 Å². The Morgan fingerprint density at radius 1 is 1.11 bits per heavy atom. The van der Waals surface area contributed by atoms with Gasteiger partial charge in [-0.05, 0) is 42.3 Å². The van der Waals surface area contributed by atoms with E-state index in [2.05, 4.69) is 0 Å². The Morgan fingerprint density at radius 2 is 1.93 bits per heavy atom. The Balaban J connectivity index is 1.24. The van der Waals surface area contributed by atoms with E-state index >= 15 is 0 Å². The van der Waals surface area contributed by atoms with Crippen LogP contribution in [0.5, 0.6) is 17.2 Å². The Morgan fingerprint density at radius 3 is 2.74 bits per heavy atom. The smallest absolute Gasteiger partial charge is 0.231 e. The van der Waals surface area contributed by atoms with Gasteiger partial charge in [-0.1, -0.05) is 23.7 Å². The standard InChI is InChI=1S/C21H22ClNO4/c22-16-2-1-3-18(13-16)27-17-8-10-23(11-9-17)21(24)7-5-15-4-6-19-20(12-15)26-14-25-19/h1-4,6,12-13,17H,5,7-11,14H2. The van der Waals surface area contributed by atoms with Crippen molar-refractivity contribution in [2.75, 3.05) is 19.9 Å². The number of likely N-dealkylation sites (tertiary alicyclic amines) is 1. The number of amides is 1. The summed E-state index contributed by atoms with van der Waals surface area (Å²) in [7, 11) is 0. The monoisotopic (exact) mass is 387 g/mol. The van der Waals surface area contributed by atoms with Gasteiger partial charge in [-0.3, -0.25) is 4.79 Å². The highest BCUT2D eigenvalue weighted by atomic mass is 35.5. The molecule has 0 bridgehead atoms. The van der Waals surface area contributed by atoms with Crippen LogP contribution in [0.1, 0.15) is 24.8 Å². The summed E-state index contributed by atoms with van der Waals surface area (Å²) >= 11 is 6.00. The molecule has 2 aromatic carbocycles. The third-order valence-corrected chi connectivity index (χ3v) is 5.19. The fourth-order valence-electron chi connectivity index (χ4n) is 3.46. The number of halogens is 1. The fourth-order valence-corrected chi connectivity index (χ4v) is 3.64. The first-order valence-corrected chi connectivity index (χ1v) is 9.64. The Labute approximate surface area is 163 Å². The second-order valence-electron chi connectivity index (χ2n) is 6.84. The average molecular weight is 388 g/mol. The molecule has 1 fully saturated rings. The molecule has 2 aromatic rings. The van der Waals surface area contributed by atoms with Crippen molar-refractivity contribution in [1.82, 2.24) is 4.90 Å². The molecule has 2 aliphatic rings. The lowest BCUT2D eigenvalue weighted by atomic mass is 10.1. The highest BCUT2D eigenvalue weighted by molar-refractivity contribution is 6.30. The lowest BCUT2D eigenvalue weighted by Crippen LogP contribution is -2.41. The molecule has 0 radical (unpaired) electrons. The Bertz CT molecular complexity index is 818. The van der Waals surface area contributed by atoms with E-state index in [-0.39, 0.29) is 18.8 Å². The van der Waals surface area contributed by atoms with Crippen LogP contribution in [0.25, 0.3) is 0 Å². The molecule has 1 amide bonds. The molecule has 0 N–H and O–H groups in total. The van der Waals surface area contributed by atoms with Crippen LogP contribution < -0.4 is 14.2 Å². The van der Waals surface area contributed by atoms with Crippen LogP contribution in [0.4, 0.5) is 0 Å². The summed E-state index contributed by atoms with van der Waals surface area (Å²) in [6, 6.07) is 13.3. The van der Waals surface area contributed by atoms with Crippen LogP contribution in [0.2, 0.25) is 5.02 Å². The molecule has 2 heterocycles. The largest absolute Gasteiger partial charge is 0.490 e. The molecular weight excluding hydrogens is 366 g/mol. The molecule has 5 nitrogen and oxygen atoms in total. The van der Waals surface area contributed by atoms with Gasteiger partial charge in [-0.2, -0.15) is 0 Å². The third kappa shape index (κ3) is 4.48. The first-order valence-electron chi connectivity index (χ1n) is 9.26. The number of hydrogen-bond acceptors (Lipinski definition) is 4. The molecule has 1 saturated heterocycles. The number of aryl methyl sites for hydroxylation is 1. The van der Waals surface area contributed by atoms with E-state index in [9.17, 15) is 4.79 Å². The van der Waals surface area contributed by atoms with E-state index in [1.54, 1.807) is 0 Å². The zero-order chi connectivity index (χ0) is 18.6. The van der Waals surface area contributed by atoms with E-state index in [1.807, 2.05) is 47.4 Å². The maximum Gasteiger partial charge on any atom is 0.231 e. The quantitative estimate of drug-likeness (QED) is 0.775. The predicted molar refractivity (Wildman–Crippen MR) is 103 cm³/mol. The van der Waals surface area contributed by atoms with Crippen LogP contribution in [0.3, 0.4) is 0 Å². The third-order valence-electron chi connectivity index (χ3n) is 4.96. The average Bonchev–Trinajstić information content (AvgIpc) is 3.14. The molecule has 0 atom stereocenters. The van der Waals surface area contributed by atoms with Gasteiger partial charge in [0.25, 0.3) is 0 Å². The fraction of sp³-hybridized carbons (Fsp3) is 0.381. The summed E-state index contributed by atoms with van der Waals surface area (Å²) < 4.78 is 16.7. The number of hydrogen-bond donors (Lipinski definition) is 0. The highest BCUT2D eigenvalue weighted by Crippen LogP contribution is 2.32. The molecule has 142 valence electrons. The number of nitrogens with zero attached hydrogens (tertiary/aromatic N) is 1. The minimum Gasteiger partial charge on any atom is -0.490 e. The number of carbonyl (C=O) groups is 1. The Kier molecular flexibility index (Phi) is 5.39. The maximum atomic E-state index is 12.5. The zero-order valence-corrected chi connectivity index (χ0v) is 15.8. The van der Waals surface area contributed by atoms with Crippen LogP contribution in [-0.4, -0.2) is 36.8 Å². The number of fused-ring (bicyclic) bond motifs is 1. The predicted octanol–water partition coefficient (Wildman–Crippen LogP) is 4.07. The van der Waals surface area contributed by atoms with Crippen molar-refractivity contribution in [1.29, 1.82) is 0 Å². The van der Waals surface area contributed by atoms with Gasteiger partial charge in [0.05, 0.1) is 0 Å². The summed E-state index contributed by atoms with van der Waals surface area (Å²) in [5.41, 5.74) is 1.09. The normalized spacial score (nSPS) is 16.4. The topological polar surface area (TPSA) is 48.0 Å². The van der Waals surface area contributed by atoms with E-state index < -0.39 is 0 Å². The summed E-state index contributed by atoms with van der Waals surface area (Å²) in [4.78, 5) is 14.5. The lowest BCUT2D eigenvalue weighted by molar-refractivity contribution is -0.132. The van der Waals surface area contributed by atoms with Crippen molar-refractivity contribution in [3.63, 3.8) is 0 Å². The van der Waals surface area contributed by atoms with Crippen molar-refractivity contribution < 1.29 is 19.0 Å². The summed E-state index contributed by atoms with van der Waals surface area (Å²) in [5.74, 6) is 2.51. The van der Waals surface area contributed by atoms with Crippen LogP contribution in [0.15, 0.2) is 42.5 Å². The van der Waals surface area contributed by atoms with Crippen molar-refractivity contribution in [2.45, 2.75) is 31.8 Å². The molecule has 4 rings (SSSR count). The highest BCUT2D eigenvalue weighted by Gasteiger charge is 2.24. The second kappa shape index (κ2) is 8.09. The van der Waals surface area contributed by atoms with Gasteiger partial charge in [0, 0.05) is 37.4 Å². The van der Waals surface area contributed by atoms with E-state index in [0.717, 1.165) is 48.7 Å². The maximum absolute atomic E-state index is 12.5. The molecule has 0 saturated carbocycles. The minimum atomic E-state index is 0.126. The molecule has 0 aliphatic carbocycles. The molecule has 0 unspecified atom stereocenters. The van der Waals surface area contributed by atoms with Crippen molar-refractivity contribution in [2.24, 2.45) is 0 Å². The SMILES string of the molecule is O=C(CCc1ccc2c(c1)OCO2)N1CCC(Oc2cccc(Cl)c2)CC1. The molecule has 2 aliphatic heterocycles. The number of carbonyl (C=O) groups excluding carboxylic acids is 1. The van der Waals surface area contributed by atoms with Crippen molar-refractivity contribution in [3.8, 4) is 17.2 Å². The van der Waals surface area contributed by atoms with E-state index in [1.165, 1.54) is 0 Å². The zero-order valence-electron chi connectivity index (χ0n) is 15.0. The van der Waals surface area contributed by atoms with Gasteiger partial charge in [-0.25, -0.2) is 0 Å². The first-order chi connectivity index (χ1) is 13.2. The minimum absolute atomic E-state index is 0.126. The molecule has 0 spiro atoms. The Hall–Kier alpha value is -2.40. The number of benzene rings is 2. The van der Waals surface area contributed by atoms with Gasteiger partial charge < -0.3 is 19.1 Å². The molecular formula is C21H22ClNO4. The molecule has 6 heteroatoms. The van der Waals surface area contributed by atoms with Crippen molar-refractivity contribution >= 4 is 17.5 Å². The van der Waals surface area contributed by atoms with Gasteiger partial charge in [-0.15, -0.1) is 0 Å². The van der Waals surface area contributed by atoms with Gasteiger partial charge in [0.2, 0.25) is 12.7 Å². The number of piperidine rings is 1. The van der Waals surface area contributed by atoms with Crippen molar-refractivity contribution in [3.05, 3.63) is 53.1 Å². The summed E-state index contributed by atoms with van der Waals surface area (Å²) in [6.07, 6.45) is 3.00. The molecule has 27 heavy (non-hydrogen) atoms. The molecule has 0 aromatic heterocycles. The van der Waals surface area contributed by atoms with Gasteiger partial charge in [0.15, 0.2) is 11.5 Å². The summed E-state index contributed by atoms with van der Waals surface area (Å²) in [6.45, 7) is 1.72.